The topological polar surface area (TPSA) is 82.2 Å². The van der Waals surface area contributed by atoms with Crippen molar-refractivity contribution in [3.8, 4) is 0 Å². The van der Waals surface area contributed by atoms with Gasteiger partial charge in [-0.15, -0.1) is 0 Å². The first-order valence-electron chi connectivity index (χ1n) is 11.7. The smallest absolute Gasteiger partial charge is 0.325 e. The summed E-state index contributed by atoms with van der Waals surface area (Å²) in [5.74, 6) is -0.641. The van der Waals surface area contributed by atoms with Gasteiger partial charge in [0.25, 0.3) is 5.91 Å². The van der Waals surface area contributed by atoms with Gasteiger partial charge < -0.3 is 19.9 Å². The van der Waals surface area contributed by atoms with Crippen LogP contribution in [0.15, 0.2) is 54.6 Å². The summed E-state index contributed by atoms with van der Waals surface area (Å²) < 4.78 is 5.40. The number of anilines is 1. The summed E-state index contributed by atoms with van der Waals surface area (Å²) in [7, 11) is 1.69. The number of rotatable bonds is 8. The molecule has 0 spiro atoms. The molecule has 2 fully saturated rings. The van der Waals surface area contributed by atoms with E-state index in [1.807, 2.05) is 42.5 Å². The summed E-state index contributed by atoms with van der Waals surface area (Å²) in [6.07, 6.45) is 1.13. The molecular weight excluding hydrogens is 432 g/mol. The maximum Gasteiger partial charge on any atom is 0.325 e. The van der Waals surface area contributed by atoms with Crippen LogP contribution in [0, 0.1) is 0 Å². The number of amides is 4. The third kappa shape index (κ3) is 5.39. The molecule has 0 bridgehead atoms. The van der Waals surface area contributed by atoms with Crippen molar-refractivity contribution < 1.29 is 19.1 Å². The lowest BCUT2D eigenvalue weighted by molar-refractivity contribution is -0.138. The number of imide groups is 1. The number of morpholine rings is 1. The molecule has 1 N–H and O–H groups in total. The molecule has 180 valence electrons. The van der Waals surface area contributed by atoms with E-state index < -0.39 is 11.6 Å². The standard InChI is InChI=1S/C26H32N4O4/c1-26(13-12-20-6-4-3-5-7-20)24(32)30(25(33)27-26)19-23(31)28(2)18-21-8-10-22(11-9-21)29-14-16-34-17-15-29/h3-11H,12-19H2,1-2H3,(H,27,33)/t26-/m0/s1. The molecule has 2 aromatic carbocycles. The number of likely N-dealkylation sites (N-methyl/N-ethyl adjacent to an activating group) is 1. The lowest BCUT2D eigenvalue weighted by Gasteiger charge is -2.29. The molecule has 8 nitrogen and oxygen atoms in total. The predicted molar refractivity (Wildman–Crippen MR) is 129 cm³/mol. The van der Waals surface area contributed by atoms with Crippen LogP contribution < -0.4 is 10.2 Å². The minimum Gasteiger partial charge on any atom is -0.378 e. The number of urea groups is 1. The van der Waals surface area contributed by atoms with E-state index in [1.54, 1.807) is 18.9 Å². The van der Waals surface area contributed by atoms with Crippen LogP contribution in [0.2, 0.25) is 0 Å². The van der Waals surface area contributed by atoms with Gasteiger partial charge in [0.05, 0.1) is 13.2 Å². The van der Waals surface area contributed by atoms with Gasteiger partial charge in [-0.1, -0.05) is 42.5 Å². The highest BCUT2D eigenvalue weighted by molar-refractivity contribution is 6.08. The molecule has 4 rings (SSSR count). The molecule has 1 atom stereocenters. The molecule has 0 unspecified atom stereocenters. The second-order valence-corrected chi connectivity index (χ2v) is 9.15. The summed E-state index contributed by atoms with van der Waals surface area (Å²) in [5.41, 5.74) is 2.20. The SMILES string of the molecule is CN(Cc1ccc(N2CCOCC2)cc1)C(=O)CN1C(=O)N[C@@](C)(CCc2ccccc2)C1=O. The van der Waals surface area contributed by atoms with E-state index in [0.717, 1.165) is 48.0 Å². The normalized spacial score (nSPS) is 20.4. The number of aryl methyl sites for hydroxylation is 1. The molecule has 0 aliphatic carbocycles. The third-order valence-corrected chi connectivity index (χ3v) is 6.55. The Labute approximate surface area is 200 Å². The van der Waals surface area contributed by atoms with Crippen molar-refractivity contribution in [2.45, 2.75) is 31.8 Å². The lowest BCUT2D eigenvalue weighted by atomic mass is 9.93. The molecule has 2 saturated heterocycles. The van der Waals surface area contributed by atoms with Crippen LogP contribution in [0.1, 0.15) is 24.5 Å². The zero-order chi connectivity index (χ0) is 24.1. The van der Waals surface area contributed by atoms with Gasteiger partial charge in [-0.3, -0.25) is 14.5 Å². The Balaban J connectivity index is 1.31. The zero-order valence-electron chi connectivity index (χ0n) is 19.8. The maximum absolute atomic E-state index is 13.0. The average Bonchev–Trinajstić information content (AvgIpc) is 3.07. The molecular formula is C26H32N4O4. The first-order valence-corrected chi connectivity index (χ1v) is 11.7. The van der Waals surface area contributed by atoms with Gasteiger partial charge in [0.2, 0.25) is 5.91 Å². The van der Waals surface area contributed by atoms with Crippen LogP contribution >= 0.6 is 0 Å². The molecule has 0 saturated carbocycles. The fourth-order valence-corrected chi connectivity index (χ4v) is 4.35. The number of carbonyl (C=O) groups excluding carboxylic acids is 3. The van der Waals surface area contributed by atoms with Crippen molar-refractivity contribution in [3.05, 3.63) is 65.7 Å². The Morgan fingerprint density at radius 2 is 1.71 bits per heavy atom. The highest BCUT2D eigenvalue weighted by atomic mass is 16.5. The molecule has 2 heterocycles. The van der Waals surface area contributed by atoms with Crippen LogP contribution in [-0.2, 0) is 27.3 Å². The number of ether oxygens (including phenoxy) is 1. The van der Waals surface area contributed by atoms with E-state index in [4.69, 9.17) is 4.74 Å². The van der Waals surface area contributed by atoms with Crippen LogP contribution in [0.5, 0.6) is 0 Å². The highest BCUT2D eigenvalue weighted by Crippen LogP contribution is 2.24. The number of hydrogen-bond donors (Lipinski definition) is 1. The van der Waals surface area contributed by atoms with Crippen LogP contribution in [0.25, 0.3) is 0 Å². The van der Waals surface area contributed by atoms with Gasteiger partial charge >= 0.3 is 6.03 Å². The molecule has 2 aliphatic heterocycles. The first kappa shape index (κ1) is 23.8. The highest BCUT2D eigenvalue weighted by Gasteiger charge is 2.48. The Hall–Kier alpha value is -3.39. The van der Waals surface area contributed by atoms with E-state index >= 15 is 0 Å². The average molecular weight is 465 g/mol. The van der Waals surface area contributed by atoms with Crippen LogP contribution in [-0.4, -0.2) is 73.1 Å². The summed E-state index contributed by atoms with van der Waals surface area (Å²) in [6.45, 7) is 5.05. The number of nitrogens with zero attached hydrogens (tertiary/aromatic N) is 3. The van der Waals surface area contributed by atoms with Crippen molar-refractivity contribution in [2.75, 3.05) is 44.8 Å². The van der Waals surface area contributed by atoms with Crippen molar-refractivity contribution in [1.82, 2.24) is 15.1 Å². The maximum atomic E-state index is 13.0. The van der Waals surface area contributed by atoms with Gasteiger partial charge in [-0.2, -0.15) is 0 Å². The molecule has 4 amide bonds. The van der Waals surface area contributed by atoms with E-state index in [0.29, 0.717) is 19.4 Å². The quantitative estimate of drug-likeness (QED) is 0.607. The summed E-state index contributed by atoms with van der Waals surface area (Å²) >= 11 is 0. The lowest BCUT2D eigenvalue weighted by Crippen LogP contribution is -2.45. The van der Waals surface area contributed by atoms with Crippen LogP contribution in [0.3, 0.4) is 0 Å². The monoisotopic (exact) mass is 464 g/mol. The van der Waals surface area contributed by atoms with Gasteiger partial charge in [0.1, 0.15) is 12.1 Å². The Morgan fingerprint density at radius 1 is 1.03 bits per heavy atom. The van der Waals surface area contributed by atoms with Crippen LogP contribution in [0.4, 0.5) is 10.5 Å². The number of nitrogens with one attached hydrogen (secondary N) is 1. The minimum atomic E-state index is -1.01. The molecule has 2 aliphatic rings. The minimum absolute atomic E-state index is 0.270. The largest absolute Gasteiger partial charge is 0.378 e. The third-order valence-electron chi connectivity index (χ3n) is 6.55. The Morgan fingerprint density at radius 3 is 2.38 bits per heavy atom. The van der Waals surface area contributed by atoms with E-state index in [9.17, 15) is 14.4 Å². The van der Waals surface area contributed by atoms with E-state index in [2.05, 4.69) is 22.3 Å². The predicted octanol–water partition coefficient (Wildman–Crippen LogP) is 2.42. The molecule has 0 radical (unpaired) electrons. The van der Waals surface area contributed by atoms with Crippen molar-refractivity contribution in [3.63, 3.8) is 0 Å². The Bertz CT molecular complexity index is 1020. The van der Waals surface area contributed by atoms with Gasteiger partial charge in [-0.25, -0.2) is 4.79 Å². The fraction of sp³-hybridized carbons (Fsp3) is 0.423. The van der Waals surface area contributed by atoms with Crippen molar-refractivity contribution in [2.24, 2.45) is 0 Å². The second kappa shape index (κ2) is 10.3. The first-order chi connectivity index (χ1) is 16.4. The number of hydrogen-bond acceptors (Lipinski definition) is 5. The number of benzene rings is 2. The molecule has 8 heteroatoms. The van der Waals surface area contributed by atoms with E-state index in [1.165, 1.54) is 0 Å². The Kier molecular flexibility index (Phi) is 7.17. The van der Waals surface area contributed by atoms with Crippen molar-refractivity contribution in [1.29, 1.82) is 0 Å². The molecule has 34 heavy (non-hydrogen) atoms. The van der Waals surface area contributed by atoms with Gasteiger partial charge in [0.15, 0.2) is 0 Å². The molecule has 0 aromatic heterocycles. The fourth-order valence-electron chi connectivity index (χ4n) is 4.35. The summed E-state index contributed by atoms with van der Waals surface area (Å²) in [4.78, 5) is 43.2. The number of carbonyl (C=O) groups is 3. The van der Waals surface area contributed by atoms with E-state index in [-0.39, 0.29) is 18.4 Å². The van der Waals surface area contributed by atoms with Gasteiger partial charge in [0, 0.05) is 32.4 Å². The van der Waals surface area contributed by atoms with Crippen molar-refractivity contribution >= 4 is 23.5 Å². The summed E-state index contributed by atoms with van der Waals surface area (Å²) in [5, 5.41) is 2.78. The second-order valence-electron chi connectivity index (χ2n) is 9.15. The molecule has 2 aromatic rings. The summed E-state index contributed by atoms with van der Waals surface area (Å²) in [6, 6.07) is 17.4. The zero-order valence-corrected chi connectivity index (χ0v) is 19.8. The van der Waals surface area contributed by atoms with Gasteiger partial charge in [-0.05, 0) is 43.0 Å².